The molecule has 2 aliphatic rings. The summed E-state index contributed by atoms with van der Waals surface area (Å²) in [6.45, 7) is 1.85. The van der Waals surface area contributed by atoms with Crippen LogP contribution in [0.1, 0.15) is 54.7 Å². The molecular formula is C21H26N4O. The van der Waals surface area contributed by atoms with Gasteiger partial charge in [0.05, 0.1) is 11.3 Å². The third kappa shape index (κ3) is 3.63. The van der Waals surface area contributed by atoms with E-state index in [1.165, 1.54) is 25.7 Å². The van der Waals surface area contributed by atoms with E-state index in [9.17, 15) is 4.79 Å². The van der Waals surface area contributed by atoms with Crippen LogP contribution in [0.4, 0.5) is 0 Å². The molecule has 0 saturated heterocycles. The van der Waals surface area contributed by atoms with Gasteiger partial charge in [0.2, 0.25) is 0 Å². The first-order valence-electron chi connectivity index (χ1n) is 9.66. The summed E-state index contributed by atoms with van der Waals surface area (Å²) in [6.07, 6.45) is 8.99. The molecule has 5 heteroatoms. The molecule has 0 aliphatic heterocycles. The molecule has 1 amide bonds. The normalized spacial score (nSPS) is 22.8. The van der Waals surface area contributed by atoms with Crippen LogP contribution in [-0.4, -0.2) is 34.0 Å². The molecule has 4 rings (SSSR count). The maximum atomic E-state index is 12.9. The Kier molecular flexibility index (Phi) is 4.98. The fourth-order valence-electron chi connectivity index (χ4n) is 3.97. The lowest BCUT2D eigenvalue weighted by atomic mass is 9.85. The molecule has 0 unspecified atom stereocenters. The minimum Gasteiger partial charge on any atom is -0.348 e. The standard InChI is InChI=1S/C21H26N4O/c1-14-22-13-17(20(23-14)15-7-3-2-4-8-15)21(26)25-19-12-11-18(19)24-16-9-5-6-10-16/h2-4,7-8,13,16,18-19,24H,5-6,9-12H2,1H3,(H,25,26)/t18-,19+/m0/s1. The molecule has 1 aromatic heterocycles. The molecule has 2 saturated carbocycles. The van der Waals surface area contributed by atoms with E-state index in [0.29, 0.717) is 29.2 Å². The quantitative estimate of drug-likeness (QED) is 0.869. The summed E-state index contributed by atoms with van der Waals surface area (Å²) >= 11 is 0. The van der Waals surface area contributed by atoms with Crippen molar-refractivity contribution in [2.45, 2.75) is 63.6 Å². The Balaban J connectivity index is 1.48. The highest BCUT2D eigenvalue weighted by atomic mass is 16.1. The number of nitrogens with one attached hydrogen (secondary N) is 2. The molecule has 2 fully saturated rings. The number of amides is 1. The number of hydrogen-bond donors (Lipinski definition) is 2. The largest absolute Gasteiger partial charge is 0.348 e. The average molecular weight is 350 g/mol. The van der Waals surface area contributed by atoms with Crippen molar-refractivity contribution in [3.05, 3.63) is 47.9 Å². The van der Waals surface area contributed by atoms with Crippen LogP contribution in [0.5, 0.6) is 0 Å². The van der Waals surface area contributed by atoms with Crippen LogP contribution < -0.4 is 10.6 Å². The highest BCUT2D eigenvalue weighted by Gasteiger charge is 2.34. The van der Waals surface area contributed by atoms with E-state index in [0.717, 1.165) is 18.4 Å². The van der Waals surface area contributed by atoms with Gasteiger partial charge in [0.15, 0.2) is 0 Å². The second-order valence-corrected chi connectivity index (χ2v) is 7.46. The summed E-state index contributed by atoms with van der Waals surface area (Å²) in [4.78, 5) is 21.7. The van der Waals surface area contributed by atoms with Gasteiger partial charge in [-0.25, -0.2) is 9.97 Å². The lowest BCUT2D eigenvalue weighted by molar-refractivity contribution is 0.0889. The van der Waals surface area contributed by atoms with Gasteiger partial charge >= 0.3 is 0 Å². The summed E-state index contributed by atoms with van der Waals surface area (Å²) in [6, 6.07) is 11.1. The molecule has 2 aliphatic carbocycles. The molecular weight excluding hydrogens is 324 g/mol. The van der Waals surface area contributed by atoms with Crippen molar-refractivity contribution < 1.29 is 4.79 Å². The number of nitrogens with zero attached hydrogens (tertiary/aromatic N) is 2. The number of hydrogen-bond acceptors (Lipinski definition) is 4. The van der Waals surface area contributed by atoms with Crippen LogP contribution >= 0.6 is 0 Å². The Morgan fingerprint density at radius 2 is 1.77 bits per heavy atom. The topological polar surface area (TPSA) is 66.9 Å². The van der Waals surface area contributed by atoms with Crippen molar-refractivity contribution >= 4 is 5.91 Å². The van der Waals surface area contributed by atoms with Gasteiger partial charge in [-0.2, -0.15) is 0 Å². The lowest BCUT2D eigenvalue weighted by Gasteiger charge is -2.39. The Hall–Kier alpha value is -2.27. The predicted octanol–water partition coefficient (Wildman–Crippen LogP) is 3.25. The number of carbonyl (C=O) groups is 1. The van der Waals surface area contributed by atoms with Crippen molar-refractivity contribution in [2.75, 3.05) is 0 Å². The average Bonchev–Trinajstić information content (AvgIpc) is 3.17. The molecule has 136 valence electrons. The maximum absolute atomic E-state index is 12.9. The number of aromatic nitrogens is 2. The van der Waals surface area contributed by atoms with Gasteiger partial charge in [-0.15, -0.1) is 0 Å². The summed E-state index contributed by atoms with van der Waals surface area (Å²) in [5, 5.41) is 6.94. The van der Waals surface area contributed by atoms with E-state index in [4.69, 9.17) is 0 Å². The van der Waals surface area contributed by atoms with E-state index in [1.807, 2.05) is 37.3 Å². The van der Waals surface area contributed by atoms with E-state index >= 15 is 0 Å². The Labute approximate surface area is 154 Å². The van der Waals surface area contributed by atoms with Crippen LogP contribution in [0.3, 0.4) is 0 Å². The van der Waals surface area contributed by atoms with Crippen LogP contribution in [0.15, 0.2) is 36.5 Å². The zero-order valence-electron chi connectivity index (χ0n) is 15.2. The Morgan fingerprint density at radius 3 is 2.46 bits per heavy atom. The molecule has 0 radical (unpaired) electrons. The van der Waals surface area contributed by atoms with Crippen molar-refractivity contribution in [1.82, 2.24) is 20.6 Å². The van der Waals surface area contributed by atoms with E-state index < -0.39 is 0 Å². The van der Waals surface area contributed by atoms with Crippen molar-refractivity contribution in [1.29, 1.82) is 0 Å². The zero-order chi connectivity index (χ0) is 17.9. The fraction of sp³-hybridized carbons (Fsp3) is 0.476. The zero-order valence-corrected chi connectivity index (χ0v) is 15.2. The van der Waals surface area contributed by atoms with Gasteiger partial charge in [0, 0.05) is 29.9 Å². The number of rotatable bonds is 5. The first-order valence-corrected chi connectivity index (χ1v) is 9.66. The van der Waals surface area contributed by atoms with Crippen molar-refractivity contribution in [3.63, 3.8) is 0 Å². The fourth-order valence-corrected chi connectivity index (χ4v) is 3.97. The summed E-state index contributed by atoms with van der Waals surface area (Å²) in [5.74, 6) is 0.594. The Bertz CT molecular complexity index is 771. The molecule has 1 aromatic carbocycles. The van der Waals surface area contributed by atoms with Crippen LogP contribution in [-0.2, 0) is 0 Å². The maximum Gasteiger partial charge on any atom is 0.255 e. The van der Waals surface area contributed by atoms with Crippen LogP contribution in [0, 0.1) is 6.92 Å². The lowest BCUT2D eigenvalue weighted by Crippen LogP contribution is -2.58. The van der Waals surface area contributed by atoms with Gasteiger partial charge in [0.25, 0.3) is 5.91 Å². The minimum atomic E-state index is -0.0771. The monoisotopic (exact) mass is 350 g/mol. The summed E-state index contributed by atoms with van der Waals surface area (Å²) < 4.78 is 0. The van der Waals surface area contributed by atoms with Crippen LogP contribution in [0.2, 0.25) is 0 Å². The second kappa shape index (κ2) is 7.54. The Morgan fingerprint density at radius 1 is 1.04 bits per heavy atom. The SMILES string of the molecule is Cc1ncc(C(=O)N[C@@H]2CC[C@@H]2NC2CCCC2)c(-c2ccccc2)n1. The summed E-state index contributed by atoms with van der Waals surface area (Å²) in [7, 11) is 0. The molecule has 1 heterocycles. The van der Waals surface area contributed by atoms with E-state index in [2.05, 4.69) is 20.6 Å². The van der Waals surface area contributed by atoms with Gasteiger partial charge in [0.1, 0.15) is 5.82 Å². The van der Waals surface area contributed by atoms with Gasteiger partial charge in [-0.1, -0.05) is 43.2 Å². The molecule has 2 atom stereocenters. The first-order chi connectivity index (χ1) is 12.7. The predicted molar refractivity (Wildman–Crippen MR) is 102 cm³/mol. The molecule has 2 N–H and O–H groups in total. The number of aryl methyl sites for hydroxylation is 1. The second-order valence-electron chi connectivity index (χ2n) is 7.46. The van der Waals surface area contributed by atoms with Crippen molar-refractivity contribution in [2.24, 2.45) is 0 Å². The van der Waals surface area contributed by atoms with Crippen molar-refractivity contribution in [3.8, 4) is 11.3 Å². The van der Waals surface area contributed by atoms with Gasteiger partial charge < -0.3 is 10.6 Å². The molecule has 26 heavy (non-hydrogen) atoms. The molecule has 0 spiro atoms. The molecule has 2 aromatic rings. The van der Waals surface area contributed by atoms with Gasteiger partial charge in [-0.05, 0) is 32.6 Å². The summed E-state index contributed by atoms with van der Waals surface area (Å²) in [5.41, 5.74) is 2.20. The highest BCUT2D eigenvalue weighted by Crippen LogP contribution is 2.26. The molecule has 0 bridgehead atoms. The first kappa shape index (κ1) is 17.2. The highest BCUT2D eigenvalue weighted by molar-refractivity contribution is 5.99. The van der Waals surface area contributed by atoms with Gasteiger partial charge in [-0.3, -0.25) is 4.79 Å². The van der Waals surface area contributed by atoms with E-state index in [-0.39, 0.29) is 11.9 Å². The number of benzene rings is 1. The third-order valence-electron chi connectivity index (χ3n) is 5.60. The minimum absolute atomic E-state index is 0.0771. The van der Waals surface area contributed by atoms with E-state index in [1.54, 1.807) is 6.20 Å². The number of carbonyl (C=O) groups excluding carboxylic acids is 1. The van der Waals surface area contributed by atoms with Crippen LogP contribution in [0.25, 0.3) is 11.3 Å². The molecule has 5 nitrogen and oxygen atoms in total. The smallest absolute Gasteiger partial charge is 0.255 e. The third-order valence-corrected chi connectivity index (χ3v) is 5.60.